The van der Waals surface area contributed by atoms with Crippen molar-refractivity contribution in [3.05, 3.63) is 30.1 Å². The molecule has 0 radical (unpaired) electrons. The molecule has 106 valence electrons. The molecular formula is C16H26N2O. The van der Waals surface area contributed by atoms with E-state index in [-0.39, 0.29) is 11.8 Å². The highest BCUT2D eigenvalue weighted by Crippen LogP contribution is 2.19. The van der Waals surface area contributed by atoms with Crippen LogP contribution in [-0.2, 0) is 4.79 Å². The Morgan fingerprint density at radius 3 is 2.63 bits per heavy atom. The van der Waals surface area contributed by atoms with Gasteiger partial charge >= 0.3 is 0 Å². The van der Waals surface area contributed by atoms with E-state index in [1.54, 1.807) is 6.20 Å². The van der Waals surface area contributed by atoms with Crippen LogP contribution < -0.4 is 0 Å². The number of likely N-dealkylation sites (N-methyl/N-ethyl adjacent to an activating group) is 1. The molecule has 0 saturated carbocycles. The fourth-order valence-corrected chi connectivity index (χ4v) is 2.24. The predicted molar refractivity (Wildman–Crippen MR) is 79.0 cm³/mol. The Hall–Kier alpha value is -1.38. The fourth-order valence-electron chi connectivity index (χ4n) is 2.24. The van der Waals surface area contributed by atoms with Gasteiger partial charge in [-0.1, -0.05) is 39.2 Å². The van der Waals surface area contributed by atoms with Gasteiger partial charge in [-0.05, 0) is 25.0 Å². The summed E-state index contributed by atoms with van der Waals surface area (Å²) in [6, 6.07) is 5.77. The smallest absolute Gasteiger partial charge is 0.231 e. The zero-order chi connectivity index (χ0) is 14.1. The fraction of sp³-hybridized carbons (Fsp3) is 0.625. The topological polar surface area (TPSA) is 33.2 Å². The lowest BCUT2D eigenvalue weighted by atomic mass is 10.00. The van der Waals surface area contributed by atoms with Gasteiger partial charge in [0.1, 0.15) is 0 Å². The van der Waals surface area contributed by atoms with E-state index < -0.39 is 0 Å². The van der Waals surface area contributed by atoms with E-state index in [2.05, 4.69) is 11.9 Å². The maximum atomic E-state index is 12.4. The summed E-state index contributed by atoms with van der Waals surface area (Å²) in [5.41, 5.74) is 0.885. The van der Waals surface area contributed by atoms with Gasteiger partial charge in [0.05, 0.1) is 11.6 Å². The molecule has 0 fully saturated rings. The third-order valence-electron chi connectivity index (χ3n) is 3.47. The minimum absolute atomic E-state index is 0.0997. The number of nitrogens with zero attached hydrogens (tertiary/aromatic N) is 2. The molecule has 0 aliphatic carbocycles. The molecule has 1 atom stereocenters. The first-order valence-corrected chi connectivity index (χ1v) is 7.36. The number of carbonyl (C=O) groups excluding carboxylic acids is 1. The number of aromatic nitrogens is 1. The van der Waals surface area contributed by atoms with Gasteiger partial charge in [-0.2, -0.15) is 0 Å². The molecule has 0 bridgehead atoms. The van der Waals surface area contributed by atoms with Gasteiger partial charge in [-0.3, -0.25) is 9.78 Å². The standard InChI is InChI=1S/C16H26N2O/c1-4-6-7-10-13-18(3)16(19)14(5-2)15-11-8-9-12-17-15/h8-9,11-12,14H,4-7,10,13H2,1-3H3. The summed E-state index contributed by atoms with van der Waals surface area (Å²) in [4.78, 5) is 18.6. The van der Waals surface area contributed by atoms with Crippen LogP contribution in [0.15, 0.2) is 24.4 Å². The van der Waals surface area contributed by atoms with Crippen LogP contribution >= 0.6 is 0 Å². The van der Waals surface area contributed by atoms with Crippen LogP contribution in [0.5, 0.6) is 0 Å². The van der Waals surface area contributed by atoms with Gasteiger partial charge in [-0.25, -0.2) is 0 Å². The highest BCUT2D eigenvalue weighted by atomic mass is 16.2. The summed E-state index contributed by atoms with van der Waals surface area (Å²) in [5, 5.41) is 0. The molecule has 3 nitrogen and oxygen atoms in total. The second-order valence-corrected chi connectivity index (χ2v) is 5.04. The van der Waals surface area contributed by atoms with E-state index in [1.165, 1.54) is 19.3 Å². The van der Waals surface area contributed by atoms with Crippen molar-refractivity contribution in [2.45, 2.75) is 51.9 Å². The van der Waals surface area contributed by atoms with Gasteiger partial charge in [0, 0.05) is 19.8 Å². The Balaban J connectivity index is 2.54. The van der Waals surface area contributed by atoms with E-state index >= 15 is 0 Å². The lowest BCUT2D eigenvalue weighted by Gasteiger charge is -2.22. The van der Waals surface area contributed by atoms with E-state index in [0.29, 0.717) is 0 Å². The van der Waals surface area contributed by atoms with Crippen LogP contribution in [0.2, 0.25) is 0 Å². The summed E-state index contributed by atoms with van der Waals surface area (Å²) >= 11 is 0. The SMILES string of the molecule is CCCCCCN(C)C(=O)C(CC)c1ccccn1. The quantitative estimate of drug-likeness (QED) is 0.670. The minimum atomic E-state index is -0.0997. The summed E-state index contributed by atoms with van der Waals surface area (Å²) in [7, 11) is 1.90. The summed E-state index contributed by atoms with van der Waals surface area (Å²) in [6.07, 6.45) is 7.33. The highest BCUT2D eigenvalue weighted by Gasteiger charge is 2.22. The number of unbranched alkanes of at least 4 members (excludes halogenated alkanes) is 3. The molecule has 0 aliphatic heterocycles. The first-order chi connectivity index (χ1) is 9.20. The number of rotatable bonds is 8. The van der Waals surface area contributed by atoms with Crippen molar-refractivity contribution in [3.63, 3.8) is 0 Å². The Morgan fingerprint density at radius 1 is 1.26 bits per heavy atom. The zero-order valence-electron chi connectivity index (χ0n) is 12.4. The number of pyridine rings is 1. The predicted octanol–water partition coefficient (Wildman–Crippen LogP) is 3.61. The lowest BCUT2D eigenvalue weighted by Crippen LogP contribution is -2.32. The van der Waals surface area contributed by atoms with Gasteiger partial charge in [0.15, 0.2) is 0 Å². The Bertz CT molecular complexity index is 364. The molecule has 0 saturated heterocycles. The highest BCUT2D eigenvalue weighted by molar-refractivity contribution is 5.82. The molecule has 0 N–H and O–H groups in total. The molecule has 0 aliphatic rings. The first-order valence-electron chi connectivity index (χ1n) is 7.36. The van der Waals surface area contributed by atoms with E-state index in [4.69, 9.17) is 0 Å². The van der Waals surface area contributed by atoms with Gasteiger partial charge < -0.3 is 4.90 Å². The second kappa shape index (κ2) is 8.68. The van der Waals surface area contributed by atoms with Crippen LogP contribution in [-0.4, -0.2) is 29.4 Å². The van der Waals surface area contributed by atoms with E-state index in [9.17, 15) is 4.79 Å². The average Bonchev–Trinajstić information content (AvgIpc) is 2.45. The van der Waals surface area contributed by atoms with Crippen LogP contribution in [0.1, 0.15) is 57.6 Å². The van der Waals surface area contributed by atoms with Crippen molar-refractivity contribution in [1.29, 1.82) is 0 Å². The normalized spacial score (nSPS) is 12.2. The molecule has 1 aromatic heterocycles. The van der Waals surface area contributed by atoms with Crippen molar-refractivity contribution >= 4 is 5.91 Å². The Morgan fingerprint density at radius 2 is 2.05 bits per heavy atom. The number of carbonyl (C=O) groups is 1. The summed E-state index contributed by atoms with van der Waals surface area (Å²) in [6.45, 7) is 5.09. The van der Waals surface area contributed by atoms with Gasteiger partial charge in [0.25, 0.3) is 0 Å². The largest absolute Gasteiger partial charge is 0.345 e. The lowest BCUT2D eigenvalue weighted by molar-refractivity contribution is -0.131. The van der Waals surface area contributed by atoms with Crippen LogP contribution in [0.3, 0.4) is 0 Å². The molecule has 0 spiro atoms. The van der Waals surface area contributed by atoms with Crippen LogP contribution in [0.4, 0.5) is 0 Å². The maximum absolute atomic E-state index is 12.4. The van der Waals surface area contributed by atoms with Gasteiger partial charge in [-0.15, -0.1) is 0 Å². The van der Waals surface area contributed by atoms with Crippen molar-refractivity contribution in [2.24, 2.45) is 0 Å². The van der Waals surface area contributed by atoms with Crippen molar-refractivity contribution < 1.29 is 4.79 Å². The molecule has 1 rings (SSSR count). The first kappa shape index (κ1) is 15.7. The van der Waals surface area contributed by atoms with E-state index in [1.807, 2.05) is 37.1 Å². The maximum Gasteiger partial charge on any atom is 0.231 e. The molecule has 1 amide bonds. The number of hydrogen-bond donors (Lipinski definition) is 0. The van der Waals surface area contributed by atoms with Crippen molar-refractivity contribution in [1.82, 2.24) is 9.88 Å². The Labute approximate surface area is 117 Å². The molecule has 1 heterocycles. The third kappa shape index (κ3) is 5.01. The molecule has 1 unspecified atom stereocenters. The molecule has 0 aromatic carbocycles. The monoisotopic (exact) mass is 262 g/mol. The van der Waals surface area contributed by atoms with Crippen molar-refractivity contribution in [3.8, 4) is 0 Å². The summed E-state index contributed by atoms with van der Waals surface area (Å²) < 4.78 is 0. The second-order valence-electron chi connectivity index (χ2n) is 5.04. The average molecular weight is 262 g/mol. The molecule has 3 heteroatoms. The Kier molecular flexibility index (Phi) is 7.16. The summed E-state index contributed by atoms with van der Waals surface area (Å²) in [5.74, 6) is 0.0927. The molecule has 1 aromatic rings. The van der Waals surface area contributed by atoms with Crippen molar-refractivity contribution in [2.75, 3.05) is 13.6 Å². The third-order valence-corrected chi connectivity index (χ3v) is 3.47. The number of hydrogen-bond acceptors (Lipinski definition) is 2. The number of amides is 1. The van der Waals surface area contributed by atoms with Crippen LogP contribution in [0.25, 0.3) is 0 Å². The van der Waals surface area contributed by atoms with E-state index in [0.717, 1.165) is 25.1 Å². The zero-order valence-corrected chi connectivity index (χ0v) is 12.4. The minimum Gasteiger partial charge on any atom is -0.345 e. The van der Waals surface area contributed by atoms with Gasteiger partial charge in [0.2, 0.25) is 5.91 Å². The molecule has 19 heavy (non-hydrogen) atoms. The van der Waals surface area contributed by atoms with Crippen LogP contribution in [0, 0.1) is 0 Å². The molecular weight excluding hydrogens is 236 g/mol.